The molecule has 1 heterocycles. The second kappa shape index (κ2) is 5.27. The third kappa shape index (κ3) is 2.65. The monoisotopic (exact) mass is 316 g/mol. The first-order chi connectivity index (χ1) is 10.5. The van der Waals surface area contributed by atoms with Crippen molar-refractivity contribution in [1.29, 1.82) is 5.26 Å². The van der Waals surface area contributed by atoms with Gasteiger partial charge in [-0.3, -0.25) is 0 Å². The number of nitrogens with one attached hydrogen (secondary N) is 1. The van der Waals surface area contributed by atoms with Crippen LogP contribution in [0.1, 0.15) is 24.7 Å². The molecule has 0 bridgehead atoms. The zero-order chi connectivity index (χ0) is 15.8. The van der Waals surface area contributed by atoms with Crippen LogP contribution in [0.3, 0.4) is 0 Å². The molecule has 0 spiro atoms. The molecule has 0 aliphatic heterocycles. The van der Waals surface area contributed by atoms with Crippen molar-refractivity contribution in [2.24, 2.45) is 5.92 Å². The lowest BCUT2D eigenvalue weighted by Gasteiger charge is -2.18. The lowest BCUT2D eigenvalue weighted by atomic mass is 10.0. The molecule has 6 heteroatoms. The van der Waals surface area contributed by atoms with Crippen molar-refractivity contribution in [2.75, 3.05) is 0 Å². The van der Waals surface area contributed by atoms with Crippen LogP contribution in [0.2, 0.25) is 0 Å². The highest BCUT2D eigenvalue weighted by Gasteiger charge is 2.53. The molecule has 114 valence electrons. The first kappa shape index (κ1) is 14.8. The zero-order valence-corrected chi connectivity index (χ0v) is 12.9. The van der Waals surface area contributed by atoms with Crippen LogP contribution in [-0.4, -0.2) is 14.0 Å². The molecule has 1 aromatic heterocycles. The Kier molecular flexibility index (Phi) is 3.55. The SMILES string of the molecule is C[C@@H]1C[C@]1(Cc1ccccc1)NS(=O)(=O)c1ccoc1C#N. The van der Waals surface area contributed by atoms with Gasteiger partial charge in [-0.1, -0.05) is 37.3 Å². The van der Waals surface area contributed by atoms with E-state index in [9.17, 15) is 8.42 Å². The quantitative estimate of drug-likeness (QED) is 0.918. The van der Waals surface area contributed by atoms with Gasteiger partial charge in [0.15, 0.2) is 0 Å². The first-order valence-corrected chi connectivity index (χ1v) is 8.51. The lowest BCUT2D eigenvalue weighted by molar-refractivity contribution is 0.511. The molecule has 1 saturated carbocycles. The molecule has 0 amide bonds. The summed E-state index contributed by atoms with van der Waals surface area (Å²) in [5, 5.41) is 8.94. The molecule has 2 aromatic rings. The molecule has 1 aliphatic rings. The average molecular weight is 316 g/mol. The molecule has 22 heavy (non-hydrogen) atoms. The van der Waals surface area contributed by atoms with Gasteiger partial charge in [0.1, 0.15) is 11.0 Å². The summed E-state index contributed by atoms with van der Waals surface area (Å²) >= 11 is 0. The van der Waals surface area contributed by atoms with E-state index in [2.05, 4.69) is 4.72 Å². The van der Waals surface area contributed by atoms with E-state index in [1.54, 1.807) is 6.07 Å². The minimum Gasteiger partial charge on any atom is -0.452 e. The number of benzene rings is 1. The third-order valence-electron chi connectivity index (χ3n) is 4.17. The fourth-order valence-electron chi connectivity index (χ4n) is 2.79. The summed E-state index contributed by atoms with van der Waals surface area (Å²) in [6, 6.07) is 12.9. The number of rotatable bonds is 5. The fourth-order valence-corrected chi connectivity index (χ4v) is 4.36. The number of furan rings is 1. The standard InChI is InChI=1S/C16H16N2O3S/c1-12-9-16(12,10-13-5-3-2-4-6-13)18-22(19,20)15-7-8-21-14(15)11-17/h2-8,12,18H,9-10H2,1H3/t12-,16-/m1/s1. The van der Waals surface area contributed by atoms with Crippen molar-refractivity contribution < 1.29 is 12.8 Å². The summed E-state index contributed by atoms with van der Waals surface area (Å²) in [6.45, 7) is 2.02. The molecular weight excluding hydrogens is 300 g/mol. The second-order valence-electron chi connectivity index (χ2n) is 5.75. The molecule has 1 aromatic carbocycles. The molecule has 0 saturated heterocycles. The van der Waals surface area contributed by atoms with E-state index >= 15 is 0 Å². The van der Waals surface area contributed by atoms with E-state index in [1.807, 2.05) is 37.3 Å². The van der Waals surface area contributed by atoms with Crippen molar-refractivity contribution in [3.8, 4) is 6.07 Å². The predicted molar refractivity (Wildman–Crippen MR) is 80.4 cm³/mol. The zero-order valence-electron chi connectivity index (χ0n) is 12.1. The van der Waals surface area contributed by atoms with Gasteiger partial charge in [-0.25, -0.2) is 13.1 Å². The first-order valence-electron chi connectivity index (χ1n) is 7.02. The number of hydrogen-bond donors (Lipinski definition) is 1. The van der Waals surface area contributed by atoms with Gasteiger partial charge in [0, 0.05) is 5.54 Å². The molecule has 3 rings (SSSR count). The van der Waals surface area contributed by atoms with Crippen LogP contribution in [0.4, 0.5) is 0 Å². The number of hydrogen-bond acceptors (Lipinski definition) is 4. The van der Waals surface area contributed by atoms with Gasteiger partial charge in [-0.05, 0) is 30.4 Å². The normalized spacial score (nSPS) is 23.9. The van der Waals surface area contributed by atoms with Gasteiger partial charge in [0.05, 0.1) is 6.26 Å². The van der Waals surface area contributed by atoms with E-state index in [4.69, 9.17) is 9.68 Å². The highest BCUT2D eigenvalue weighted by atomic mass is 32.2. The molecule has 0 radical (unpaired) electrons. The summed E-state index contributed by atoms with van der Waals surface area (Å²) in [5.41, 5.74) is 0.603. The maximum atomic E-state index is 12.5. The highest BCUT2D eigenvalue weighted by molar-refractivity contribution is 7.89. The Labute approximate surface area is 129 Å². The maximum absolute atomic E-state index is 12.5. The second-order valence-corrected chi connectivity index (χ2v) is 7.41. The predicted octanol–water partition coefficient (Wildman–Crippen LogP) is 2.45. The highest BCUT2D eigenvalue weighted by Crippen LogP contribution is 2.46. The van der Waals surface area contributed by atoms with Gasteiger partial charge < -0.3 is 4.42 Å². The molecular formula is C16H16N2O3S. The van der Waals surface area contributed by atoms with Crippen molar-refractivity contribution >= 4 is 10.0 Å². The van der Waals surface area contributed by atoms with Crippen molar-refractivity contribution in [2.45, 2.75) is 30.2 Å². The summed E-state index contributed by atoms with van der Waals surface area (Å²) < 4.78 is 32.8. The van der Waals surface area contributed by atoms with E-state index in [1.165, 1.54) is 12.3 Å². The minimum absolute atomic E-state index is 0.0958. The van der Waals surface area contributed by atoms with Crippen LogP contribution in [0.5, 0.6) is 0 Å². The molecule has 1 fully saturated rings. The van der Waals surface area contributed by atoms with E-state index < -0.39 is 15.6 Å². The van der Waals surface area contributed by atoms with Crippen molar-refractivity contribution in [3.63, 3.8) is 0 Å². The third-order valence-corrected chi connectivity index (χ3v) is 5.75. The fraction of sp³-hybridized carbons (Fsp3) is 0.312. The largest absolute Gasteiger partial charge is 0.452 e. The van der Waals surface area contributed by atoms with Crippen molar-refractivity contribution in [3.05, 3.63) is 54.0 Å². The van der Waals surface area contributed by atoms with Gasteiger partial charge >= 0.3 is 0 Å². The van der Waals surface area contributed by atoms with E-state index in [-0.39, 0.29) is 16.6 Å². The summed E-state index contributed by atoms with van der Waals surface area (Å²) in [4.78, 5) is -0.0958. The Hall–Kier alpha value is -2.10. The number of nitrogens with zero attached hydrogens (tertiary/aromatic N) is 1. The van der Waals surface area contributed by atoms with Gasteiger partial charge in [-0.15, -0.1) is 0 Å². The minimum atomic E-state index is -3.77. The summed E-state index contributed by atoms with van der Waals surface area (Å²) in [6.07, 6.45) is 2.63. The summed E-state index contributed by atoms with van der Waals surface area (Å²) in [5.74, 6) is 0.0654. The molecule has 1 N–H and O–H groups in total. The van der Waals surface area contributed by atoms with Gasteiger partial charge in [0.2, 0.25) is 15.8 Å². The Bertz CT molecular complexity index is 821. The van der Waals surface area contributed by atoms with Gasteiger partial charge in [-0.2, -0.15) is 5.26 Å². The maximum Gasteiger partial charge on any atom is 0.245 e. The lowest BCUT2D eigenvalue weighted by Crippen LogP contribution is -2.40. The van der Waals surface area contributed by atoms with E-state index in [0.717, 1.165) is 12.0 Å². The van der Waals surface area contributed by atoms with Crippen LogP contribution in [0.15, 0.2) is 52.0 Å². The Morgan fingerprint density at radius 1 is 1.36 bits per heavy atom. The molecule has 2 atom stereocenters. The average Bonchev–Trinajstić information content (AvgIpc) is 2.92. The smallest absolute Gasteiger partial charge is 0.245 e. The van der Waals surface area contributed by atoms with Crippen LogP contribution in [0.25, 0.3) is 0 Å². The number of sulfonamides is 1. The van der Waals surface area contributed by atoms with Crippen LogP contribution < -0.4 is 4.72 Å². The Morgan fingerprint density at radius 3 is 2.64 bits per heavy atom. The van der Waals surface area contributed by atoms with Crippen LogP contribution >= 0.6 is 0 Å². The van der Waals surface area contributed by atoms with Crippen LogP contribution in [0, 0.1) is 17.2 Å². The summed E-state index contributed by atoms with van der Waals surface area (Å²) in [7, 11) is -3.77. The molecule has 5 nitrogen and oxygen atoms in total. The topological polar surface area (TPSA) is 83.1 Å². The van der Waals surface area contributed by atoms with E-state index in [0.29, 0.717) is 6.42 Å². The van der Waals surface area contributed by atoms with Crippen molar-refractivity contribution in [1.82, 2.24) is 4.72 Å². The molecule has 1 aliphatic carbocycles. The molecule has 0 unspecified atom stereocenters. The Morgan fingerprint density at radius 2 is 2.05 bits per heavy atom. The van der Waals surface area contributed by atoms with Crippen LogP contribution in [-0.2, 0) is 16.4 Å². The van der Waals surface area contributed by atoms with Gasteiger partial charge in [0.25, 0.3) is 0 Å². The Balaban J connectivity index is 1.86. The number of nitriles is 1.